The molecule has 2 atom stereocenters. The van der Waals surface area contributed by atoms with Gasteiger partial charge in [-0.25, -0.2) is 4.79 Å². The van der Waals surface area contributed by atoms with E-state index in [1.165, 1.54) is 5.57 Å². The van der Waals surface area contributed by atoms with Crippen LogP contribution < -0.4 is 5.73 Å². The highest BCUT2D eigenvalue weighted by Crippen LogP contribution is 2.55. The van der Waals surface area contributed by atoms with Gasteiger partial charge in [-0.05, 0) is 56.4 Å². The number of nitrogens with zero attached hydrogens (tertiary/aromatic N) is 2. The normalized spacial score (nSPS) is 22.6. The van der Waals surface area contributed by atoms with Crippen molar-refractivity contribution in [2.24, 2.45) is 5.73 Å². The lowest BCUT2D eigenvalue weighted by Crippen LogP contribution is -2.37. The quantitative estimate of drug-likeness (QED) is 0.873. The van der Waals surface area contributed by atoms with Gasteiger partial charge in [-0.3, -0.25) is 4.90 Å². The van der Waals surface area contributed by atoms with Crippen LogP contribution in [0.25, 0.3) is 0 Å². The van der Waals surface area contributed by atoms with Crippen LogP contribution in [0.3, 0.4) is 0 Å². The number of hydrogen-bond donors (Lipinski definition) is 2. The fourth-order valence-electron chi connectivity index (χ4n) is 4.41. The number of aromatic hydroxyl groups is 1. The zero-order valence-electron chi connectivity index (χ0n) is 14.3. The number of rotatable bonds is 2. The lowest BCUT2D eigenvalue weighted by atomic mass is 9.82. The summed E-state index contributed by atoms with van der Waals surface area (Å²) in [5.74, 6) is 0.934. The maximum atomic E-state index is 12.3. The summed E-state index contributed by atoms with van der Waals surface area (Å²) in [6, 6.07) is 6.50. The van der Waals surface area contributed by atoms with E-state index >= 15 is 0 Å². The van der Waals surface area contributed by atoms with Crippen molar-refractivity contribution in [2.75, 3.05) is 0 Å². The van der Waals surface area contributed by atoms with Gasteiger partial charge in [0, 0.05) is 17.2 Å². The van der Waals surface area contributed by atoms with Crippen LogP contribution >= 0.6 is 0 Å². The fraction of sp³-hybridized carbons (Fsp3) is 0.368. The van der Waals surface area contributed by atoms with Gasteiger partial charge in [-0.1, -0.05) is 17.3 Å². The minimum absolute atomic E-state index is 0.00222. The first-order valence-corrected chi connectivity index (χ1v) is 8.51. The Hall–Kier alpha value is -2.76. The Balaban J connectivity index is 1.91. The first kappa shape index (κ1) is 15.7. The summed E-state index contributed by atoms with van der Waals surface area (Å²) in [4.78, 5) is 14.1. The van der Waals surface area contributed by atoms with Crippen molar-refractivity contribution < 1.29 is 14.4 Å². The maximum Gasteiger partial charge on any atom is 0.319 e. The highest BCUT2D eigenvalue weighted by molar-refractivity contribution is 5.77. The van der Waals surface area contributed by atoms with Crippen molar-refractivity contribution in [2.45, 2.75) is 45.1 Å². The third-order valence-corrected chi connectivity index (χ3v) is 5.36. The molecule has 0 spiro atoms. The van der Waals surface area contributed by atoms with E-state index < -0.39 is 6.03 Å². The molecule has 6 nitrogen and oxygen atoms in total. The molecule has 1 aromatic heterocycles. The number of urea groups is 1. The van der Waals surface area contributed by atoms with Crippen molar-refractivity contribution in [3.05, 3.63) is 58.1 Å². The molecule has 2 aromatic rings. The minimum atomic E-state index is -0.444. The van der Waals surface area contributed by atoms with Gasteiger partial charge in [0.25, 0.3) is 0 Å². The smallest absolute Gasteiger partial charge is 0.319 e. The Labute approximate surface area is 145 Å². The van der Waals surface area contributed by atoms with E-state index in [9.17, 15) is 9.90 Å². The van der Waals surface area contributed by atoms with Crippen LogP contribution in [0.5, 0.6) is 5.75 Å². The Kier molecular flexibility index (Phi) is 3.56. The summed E-state index contributed by atoms with van der Waals surface area (Å²) in [7, 11) is 0. The molecule has 2 aliphatic rings. The zero-order valence-corrected chi connectivity index (χ0v) is 14.3. The number of allylic oxidation sites excluding steroid dienone is 1. The molecule has 25 heavy (non-hydrogen) atoms. The second-order valence-electron chi connectivity index (χ2n) is 6.79. The van der Waals surface area contributed by atoms with E-state index in [0.717, 1.165) is 41.8 Å². The number of primary amides is 1. The predicted molar refractivity (Wildman–Crippen MR) is 91.9 cm³/mol. The monoisotopic (exact) mass is 339 g/mol. The number of hydrogen-bond acceptors (Lipinski definition) is 4. The molecule has 0 radical (unpaired) electrons. The van der Waals surface area contributed by atoms with Gasteiger partial charge < -0.3 is 15.4 Å². The lowest BCUT2D eigenvalue weighted by molar-refractivity contribution is 0.203. The van der Waals surface area contributed by atoms with E-state index in [1.807, 2.05) is 26.0 Å². The summed E-state index contributed by atoms with van der Waals surface area (Å²) >= 11 is 0. The Morgan fingerprint density at radius 2 is 2.00 bits per heavy atom. The van der Waals surface area contributed by atoms with Crippen LogP contribution in [0.2, 0.25) is 0 Å². The van der Waals surface area contributed by atoms with Gasteiger partial charge in [-0.2, -0.15) is 0 Å². The molecular formula is C19H21N3O3. The molecule has 2 unspecified atom stereocenters. The summed E-state index contributed by atoms with van der Waals surface area (Å²) in [6.45, 7) is 3.76. The van der Waals surface area contributed by atoms with Crippen molar-refractivity contribution >= 4 is 6.03 Å². The molecule has 1 aliphatic carbocycles. The van der Waals surface area contributed by atoms with E-state index in [2.05, 4.69) is 5.16 Å². The molecule has 130 valence electrons. The fourth-order valence-corrected chi connectivity index (χ4v) is 4.41. The van der Waals surface area contributed by atoms with Crippen molar-refractivity contribution in [1.29, 1.82) is 0 Å². The number of carbonyl (C=O) groups is 1. The number of likely N-dealkylation sites (tertiary alicyclic amines) is 1. The zero-order chi connectivity index (χ0) is 17.7. The molecule has 2 amide bonds. The van der Waals surface area contributed by atoms with Crippen LogP contribution in [-0.2, 0) is 0 Å². The number of aryl methyl sites for hydroxylation is 2. The molecule has 6 heteroatoms. The van der Waals surface area contributed by atoms with Gasteiger partial charge in [0.15, 0.2) is 0 Å². The highest BCUT2D eigenvalue weighted by Gasteiger charge is 2.47. The molecule has 0 fully saturated rings. The van der Waals surface area contributed by atoms with E-state index in [0.29, 0.717) is 5.76 Å². The van der Waals surface area contributed by atoms with E-state index in [1.54, 1.807) is 17.0 Å². The molecular weight excluding hydrogens is 318 g/mol. The average Bonchev–Trinajstić information content (AvgIpc) is 3.22. The van der Waals surface area contributed by atoms with Crippen LogP contribution in [0.15, 0.2) is 40.1 Å². The molecule has 1 aromatic carbocycles. The van der Waals surface area contributed by atoms with Crippen LogP contribution in [0.4, 0.5) is 4.79 Å². The van der Waals surface area contributed by atoms with Crippen molar-refractivity contribution in [3.8, 4) is 5.75 Å². The second-order valence-corrected chi connectivity index (χ2v) is 6.79. The SMILES string of the molecule is Cc1noc(C)c1C1C(c2ccc(O)cc2)C2=C(CCC2)N1C(N)=O. The summed E-state index contributed by atoms with van der Waals surface area (Å²) in [5, 5.41) is 13.7. The summed E-state index contributed by atoms with van der Waals surface area (Å²) in [6.07, 6.45) is 2.83. The van der Waals surface area contributed by atoms with E-state index in [-0.39, 0.29) is 17.7 Å². The Bertz CT molecular complexity index is 847. The first-order chi connectivity index (χ1) is 12.0. The Morgan fingerprint density at radius 3 is 2.60 bits per heavy atom. The number of nitrogens with two attached hydrogens (primary N) is 1. The van der Waals surface area contributed by atoms with E-state index in [4.69, 9.17) is 10.3 Å². The van der Waals surface area contributed by atoms with Gasteiger partial charge in [0.1, 0.15) is 11.5 Å². The topological polar surface area (TPSA) is 92.6 Å². The second kappa shape index (κ2) is 5.65. The largest absolute Gasteiger partial charge is 0.508 e. The van der Waals surface area contributed by atoms with Crippen LogP contribution in [0.1, 0.15) is 53.8 Å². The van der Waals surface area contributed by atoms with Gasteiger partial charge in [0.05, 0.1) is 11.7 Å². The average molecular weight is 339 g/mol. The highest BCUT2D eigenvalue weighted by atomic mass is 16.5. The number of phenolic OH excluding ortho intramolecular Hbond substituents is 1. The van der Waals surface area contributed by atoms with Crippen LogP contribution in [0, 0.1) is 13.8 Å². The third kappa shape index (κ3) is 2.32. The van der Waals surface area contributed by atoms with Gasteiger partial charge in [-0.15, -0.1) is 0 Å². The molecule has 4 rings (SSSR count). The number of benzene rings is 1. The minimum Gasteiger partial charge on any atom is -0.508 e. The molecule has 0 saturated heterocycles. The van der Waals surface area contributed by atoms with Crippen molar-refractivity contribution in [3.63, 3.8) is 0 Å². The summed E-state index contributed by atoms with van der Waals surface area (Å²) in [5.41, 5.74) is 10.8. The lowest BCUT2D eigenvalue weighted by Gasteiger charge is -2.31. The molecule has 0 saturated carbocycles. The van der Waals surface area contributed by atoms with Gasteiger partial charge in [0.2, 0.25) is 0 Å². The Morgan fingerprint density at radius 1 is 1.28 bits per heavy atom. The number of aromatic nitrogens is 1. The van der Waals surface area contributed by atoms with Crippen molar-refractivity contribution in [1.82, 2.24) is 10.1 Å². The summed E-state index contributed by atoms with van der Waals surface area (Å²) < 4.78 is 5.37. The standard InChI is InChI=1S/C19H21N3O3/c1-10-16(11(2)25-21-10)18-17(12-6-8-13(23)9-7-12)14-4-3-5-15(14)22(18)19(20)24/h6-9,17-18,23H,3-5H2,1-2H3,(H2,20,24). The molecule has 2 heterocycles. The molecule has 0 bridgehead atoms. The van der Waals surface area contributed by atoms with Gasteiger partial charge >= 0.3 is 6.03 Å². The number of amides is 2. The predicted octanol–water partition coefficient (Wildman–Crippen LogP) is 3.65. The number of phenols is 1. The maximum absolute atomic E-state index is 12.3. The first-order valence-electron chi connectivity index (χ1n) is 8.51. The third-order valence-electron chi connectivity index (χ3n) is 5.36. The van der Waals surface area contributed by atoms with Crippen LogP contribution in [-0.4, -0.2) is 21.2 Å². The molecule has 3 N–H and O–H groups in total. The molecule has 1 aliphatic heterocycles. The number of carbonyl (C=O) groups excluding carboxylic acids is 1.